The Kier molecular flexibility index (Phi) is 4.67. The number of carbonyl (C=O) groups is 1. The second-order valence-electron chi connectivity index (χ2n) is 7.15. The lowest BCUT2D eigenvalue weighted by molar-refractivity contribution is 0.0497. The minimum absolute atomic E-state index is 0.0774. The summed E-state index contributed by atoms with van der Waals surface area (Å²) in [7, 11) is -3.49. The largest absolute Gasteiger partial charge is 0.444 e. The summed E-state index contributed by atoms with van der Waals surface area (Å²) in [6, 6.07) is 5.52. The van der Waals surface area contributed by atoms with Crippen LogP contribution in [0, 0.1) is 5.82 Å². The highest BCUT2D eigenvalue weighted by Crippen LogP contribution is 2.55. The minimum atomic E-state index is -3.49. The summed E-state index contributed by atoms with van der Waals surface area (Å²) in [6.07, 6.45) is 0.369. The summed E-state index contributed by atoms with van der Waals surface area (Å²) in [6.45, 7) is 5.05. The predicted octanol–water partition coefficient (Wildman–Crippen LogP) is 1.56. The van der Waals surface area contributed by atoms with Crippen molar-refractivity contribution in [1.82, 2.24) is 5.32 Å². The van der Waals surface area contributed by atoms with Crippen molar-refractivity contribution >= 4 is 15.9 Å². The zero-order valence-electron chi connectivity index (χ0n) is 14.2. The third-order valence-corrected chi connectivity index (χ3v) is 5.63. The zero-order chi connectivity index (χ0) is 18.3. The van der Waals surface area contributed by atoms with E-state index in [1.165, 1.54) is 24.3 Å². The molecule has 1 fully saturated rings. The smallest absolute Gasteiger partial charge is 0.408 e. The van der Waals surface area contributed by atoms with Crippen LogP contribution in [0.15, 0.2) is 24.3 Å². The van der Waals surface area contributed by atoms with Crippen LogP contribution < -0.4 is 11.1 Å². The van der Waals surface area contributed by atoms with Crippen molar-refractivity contribution in [2.24, 2.45) is 5.73 Å². The number of benzene rings is 1. The van der Waals surface area contributed by atoms with Gasteiger partial charge in [0, 0.05) is 18.7 Å². The van der Waals surface area contributed by atoms with Gasteiger partial charge in [-0.2, -0.15) is 0 Å². The van der Waals surface area contributed by atoms with Crippen LogP contribution in [0.25, 0.3) is 0 Å². The van der Waals surface area contributed by atoms with Crippen LogP contribution in [-0.2, 0) is 14.6 Å². The van der Waals surface area contributed by atoms with E-state index in [-0.39, 0.29) is 6.54 Å². The van der Waals surface area contributed by atoms with E-state index in [2.05, 4.69) is 5.32 Å². The Hall–Kier alpha value is -1.67. The van der Waals surface area contributed by atoms with Crippen molar-refractivity contribution in [2.45, 2.75) is 43.1 Å². The second kappa shape index (κ2) is 6.00. The quantitative estimate of drug-likeness (QED) is 0.851. The number of halogens is 1. The predicted molar refractivity (Wildman–Crippen MR) is 88.9 cm³/mol. The summed E-state index contributed by atoms with van der Waals surface area (Å²) >= 11 is 0. The van der Waals surface area contributed by atoms with E-state index < -0.39 is 44.1 Å². The maximum absolute atomic E-state index is 13.1. The van der Waals surface area contributed by atoms with Crippen molar-refractivity contribution < 1.29 is 22.3 Å². The molecule has 1 aromatic rings. The number of amides is 1. The van der Waals surface area contributed by atoms with Crippen molar-refractivity contribution in [2.75, 3.05) is 12.8 Å². The molecule has 1 aliphatic rings. The third kappa shape index (κ3) is 3.70. The molecule has 1 amide bonds. The first-order chi connectivity index (χ1) is 10.9. The molecule has 0 bridgehead atoms. The summed E-state index contributed by atoms with van der Waals surface area (Å²) in [4.78, 5) is 12.1. The van der Waals surface area contributed by atoms with Crippen LogP contribution in [0.3, 0.4) is 0 Å². The Morgan fingerprint density at radius 1 is 1.33 bits per heavy atom. The molecular weight excluding hydrogens is 335 g/mol. The van der Waals surface area contributed by atoms with Crippen LogP contribution in [0.4, 0.5) is 9.18 Å². The fraction of sp³-hybridized carbons (Fsp3) is 0.562. The van der Waals surface area contributed by atoms with Crippen molar-refractivity contribution in [3.05, 3.63) is 35.6 Å². The van der Waals surface area contributed by atoms with Crippen LogP contribution in [-0.4, -0.2) is 43.7 Å². The number of hydrogen-bond acceptors (Lipinski definition) is 5. The van der Waals surface area contributed by atoms with Gasteiger partial charge in [0.15, 0.2) is 9.84 Å². The number of carbonyl (C=O) groups excluding carboxylic acids is 1. The molecule has 3 atom stereocenters. The number of hydrogen-bond donors (Lipinski definition) is 2. The third-order valence-electron chi connectivity index (χ3n) is 4.02. The van der Waals surface area contributed by atoms with E-state index in [0.717, 1.165) is 6.26 Å². The van der Waals surface area contributed by atoms with E-state index in [1.807, 2.05) is 0 Å². The van der Waals surface area contributed by atoms with Gasteiger partial charge in [0.05, 0.1) is 10.8 Å². The van der Waals surface area contributed by atoms with Crippen LogP contribution in [0.2, 0.25) is 0 Å². The molecule has 0 saturated heterocycles. The SMILES string of the molecule is CC(C)(C)OC(=O)N[C@]1(CN)[C@H](c2ccc(F)cc2)[C@H]1S(C)(=O)=O. The van der Waals surface area contributed by atoms with Gasteiger partial charge in [-0.25, -0.2) is 17.6 Å². The first-order valence-electron chi connectivity index (χ1n) is 7.56. The molecule has 3 N–H and O–H groups in total. The average molecular weight is 358 g/mol. The van der Waals surface area contributed by atoms with Gasteiger partial charge in [-0.05, 0) is 38.5 Å². The molecule has 6 nitrogen and oxygen atoms in total. The van der Waals surface area contributed by atoms with Gasteiger partial charge in [0.25, 0.3) is 0 Å². The molecule has 0 aromatic heterocycles. The van der Waals surface area contributed by atoms with Crippen LogP contribution in [0.1, 0.15) is 32.3 Å². The molecule has 0 heterocycles. The summed E-state index contributed by atoms with van der Waals surface area (Å²) in [5, 5.41) is 1.75. The maximum atomic E-state index is 13.1. The van der Waals surface area contributed by atoms with Gasteiger partial charge in [0.2, 0.25) is 0 Å². The maximum Gasteiger partial charge on any atom is 0.408 e. The van der Waals surface area contributed by atoms with Crippen molar-refractivity contribution in [1.29, 1.82) is 0 Å². The van der Waals surface area contributed by atoms with Gasteiger partial charge in [-0.3, -0.25) is 0 Å². The van der Waals surface area contributed by atoms with Gasteiger partial charge < -0.3 is 15.8 Å². The highest BCUT2D eigenvalue weighted by molar-refractivity contribution is 7.91. The molecule has 0 aliphatic heterocycles. The number of nitrogens with two attached hydrogens (primary N) is 1. The van der Waals surface area contributed by atoms with Gasteiger partial charge >= 0.3 is 6.09 Å². The molecule has 0 unspecified atom stereocenters. The molecule has 134 valence electrons. The Morgan fingerprint density at radius 3 is 2.29 bits per heavy atom. The van der Waals surface area contributed by atoms with E-state index in [4.69, 9.17) is 10.5 Å². The topological polar surface area (TPSA) is 98.5 Å². The number of alkyl carbamates (subject to hydrolysis) is 1. The Bertz CT molecular complexity index is 727. The number of sulfone groups is 1. The standard InChI is InChI=1S/C16H23FN2O4S/c1-15(2,3)23-14(20)19-16(9-18)12(13(16)24(4,21)22)10-5-7-11(17)8-6-10/h5-8,12-13H,9,18H2,1-4H3,(H,19,20)/t12-,13-,16-/m1/s1. The molecule has 1 aromatic carbocycles. The normalized spacial score (nSPS) is 26.8. The average Bonchev–Trinajstić information content (AvgIpc) is 3.06. The summed E-state index contributed by atoms with van der Waals surface area (Å²) < 4.78 is 42.7. The Balaban J connectivity index is 2.34. The Morgan fingerprint density at radius 2 is 1.88 bits per heavy atom. The lowest BCUT2D eigenvalue weighted by atomic mass is 10.1. The summed E-state index contributed by atoms with van der Waals surface area (Å²) in [5.41, 5.74) is 4.54. The summed E-state index contributed by atoms with van der Waals surface area (Å²) in [5.74, 6) is -0.973. The first kappa shape index (κ1) is 18.7. The van der Waals surface area contributed by atoms with Gasteiger partial charge in [0.1, 0.15) is 11.4 Å². The molecule has 0 radical (unpaired) electrons. The zero-order valence-corrected chi connectivity index (χ0v) is 15.0. The lowest BCUT2D eigenvalue weighted by Crippen LogP contribution is -2.48. The molecule has 8 heteroatoms. The van der Waals surface area contributed by atoms with Gasteiger partial charge in [-0.1, -0.05) is 12.1 Å². The lowest BCUT2D eigenvalue weighted by Gasteiger charge is -2.24. The molecular formula is C16H23FN2O4S. The molecule has 24 heavy (non-hydrogen) atoms. The number of nitrogens with one attached hydrogen (secondary N) is 1. The number of rotatable bonds is 4. The second-order valence-corrected chi connectivity index (χ2v) is 9.32. The van der Waals surface area contributed by atoms with E-state index in [0.29, 0.717) is 5.56 Å². The van der Waals surface area contributed by atoms with Crippen LogP contribution in [0.5, 0.6) is 0 Å². The van der Waals surface area contributed by atoms with E-state index in [1.54, 1.807) is 20.8 Å². The first-order valence-corrected chi connectivity index (χ1v) is 9.52. The van der Waals surface area contributed by atoms with Gasteiger partial charge in [-0.15, -0.1) is 0 Å². The van der Waals surface area contributed by atoms with E-state index in [9.17, 15) is 17.6 Å². The van der Waals surface area contributed by atoms with Crippen molar-refractivity contribution in [3.8, 4) is 0 Å². The van der Waals surface area contributed by atoms with E-state index >= 15 is 0 Å². The fourth-order valence-corrected chi connectivity index (χ4v) is 4.99. The highest BCUT2D eigenvalue weighted by Gasteiger charge is 2.70. The van der Waals surface area contributed by atoms with Crippen LogP contribution >= 0.6 is 0 Å². The molecule has 1 saturated carbocycles. The highest BCUT2D eigenvalue weighted by atomic mass is 32.2. The monoisotopic (exact) mass is 358 g/mol. The van der Waals surface area contributed by atoms with Crippen molar-refractivity contribution in [3.63, 3.8) is 0 Å². The molecule has 1 aliphatic carbocycles. The molecule has 0 spiro atoms. The fourth-order valence-electron chi connectivity index (χ4n) is 3.11. The number of ether oxygens (including phenoxy) is 1. The molecule has 2 rings (SSSR count). The minimum Gasteiger partial charge on any atom is -0.444 e. The Labute approximate surface area is 141 Å².